The first-order valence-corrected chi connectivity index (χ1v) is 8.83. The lowest BCUT2D eigenvalue weighted by atomic mass is 10.1. The van der Waals surface area contributed by atoms with Crippen molar-refractivity contribution in [1.29, 1.82) is 0 Å². The molecule has 0 amide bonds. The summed E-state index contributed by atoms with van der Waals surface area (Å²) in [6.45, 7) is 5.16. The number of hydrogen-bond donors (Lipinski definition) is 2. The van der Waals surface area contributed by atoms with Crippen LogP contribution in [0.25, 0.3) is 5.76 Å². The molecule has 0 heterocycles. The van der Waals surface area contributed by atoms with Gasteiger partial charge in [0.2, 0.25) is 0 Å². The number of halogens is 2. The molecule has 8 heteroatoms. The van der Waals surface area contributed by atoms with Crippen LogP contribution < -0.4 is 4.74 Å². The molecule has 0 unspecified atom stereocenters. The summed E-state index contributed by atoms with van der Waals surface area (Å²) in [4.78, 5) is 16.3. The van der Waals surface area contributed by atoms with Crippen LogP contribution in [0.15, 0.2) is 27.2 Å². The third kappa shape index (κ3) is 5.54. The van der Waals surface area contributed by atoms with Crippen molar-refractivity contribution in [3.8, 4) is 5.75 Å². The van der Waals surface area contributed by atoms with Crippen molar-refractivity contribution < 1.29 is 28.9 Å². The van der Waals surface area contributed by atoms with Gasteiger partial charge in [-0.25, -0.2) is 9.18 Å². The smallest absolute Gasteiger partial charge is 0.343 e. The Morgan fingerprint density at radius 3 is 2.58 bits per heavy atom. The fraction of sp³-hybridized carbons (Fsp3) is 0.444. The van der Waals surface area contributed by atoms with Crippen molar-refractivity contribution in [2.75, 3.05) is 20.3 Å². The first-order chi connectivity index (χ1) is 12.3. The third-order valence-corrected chi connectivity index (χ3v) is 4.22. The van der Waals surface area contributed by atoms with Gasteiger partial charge < -0.3 is 19.7 Å². The predicted octanol–water partition coefficient (Wildman–Crippen LogP) is 3.52. The van der Waals surface area contributed by atoms with Gasteiger partial charge in [-0.05, 0) is 34.8 Å². The summed E-state index contributed by atoms with van der Waals surface area (Å²) < 4.78 is 24.7. The fourth-order valence-electron chi connectivity index (χ4n) is 2.03. The molecule has 1 rings (SSSR count). The molecule has 0 fully saturated rings. The van der Waals surface area contributed by atoms with Gasteiger partial charge in [0.1, 0.15) is 22.9 Å². The number of ether oxygens (including phenoxy) is 2. The first-order valence-electron chi connectivity index (χ1n) is 8.04. The summed E-state index contributed by atoms with van der Waals surface area (Å²) in [7, 11) is 1.38. The Hall–Kier alpha value is -1.93. The summed E-state index contributed by atoms with van der Waals surface area (Å²) in [5.41, 5.74) is -0.515. The molecule has 0 radical (unpaired) electrons. The molecular formula is C18H23BrFNO5. The van der Waals surface area contributed by atoms with Gasteiger partial charge in [-0.1, -0.05) is 13.8 Å². The molecular weight excluding hydrogens is 409 g/mol. The molecule has 1 atom stereocenters. The molecule has 144 valence electrons. The Morgan fingerprint density at radius 1 is 1.42 bits per heavy atom. The number of methoxy groups -OCH3 is 1. The van der Waals surface area contributed by atoms with Crippen molar-refractivity contribution >= 4 is 33.9 Å². The molecule has 0 saturated carbocycles. The maximum atomic E-state index is 14.3. The molecule has 2 N–H and O–H groups in total. The maximum Gasteiger partial charge on any atom is 0.343 e. The summed E-state index contributed by atoms with van der Waals surface area (Å²) in [6.07, 6.45) is 1.10. The van der Waals surface area contributed by atoms with Crippen LogP contribution in [0, 0.1) is 11.7 Å². The van der Waals surface area contributed by atoms with Gasteiger partial charge in [0, 0.05) is 12.3 Å². The Morgan fingerprint density at radius 2 is 2.08 bits per heavy atom. The van der Waals surface area contributed by atoms with Crippen molar-refractivity contribution in [3.63, 3.8) is 0 Å². The van der Waals surface area contributed by atoms with Crippen LogP contribution in [-0.2, 0) is 9.53 Å². The molecule has 0 saturated heterocycles. The average Bonchev–Trinajstić information content (AvgIpc) is 2.59. The first kappa shape index (κ1) is 22.1. The second kappa shape index (κ2) is 10.3. The van der Waals surface area contributed by atoms with E-state index in [-0.39, 0.29) is 36.0 Å². The second-order valence-electron chi connectivity index (χ2n) is 5.72. The molecule has 6 nitrogen and oxygen atoms in total. The molecule has 0 aliphatic rings. The zero-order valence-corrected chi connectivity index (χ0v) is 16.7. The molecule has 0 aliphatic carbocycles. The Balaban J connectivity index is 3.46. The maximum absolute atomic E-state index is 14.3. The van der Waals surface area contributed by atoms with Crippen molar-refractivity contribution in [2.45, 2.75) is 26.8 Å². The molecule has 0 aliphatic heterocycles. The quantitative estimate of drug-likeness (QED) is 0.284. The van der Waals surface area contributed by atoms with Crippen molar-refractivity contribution in [3.05, 3.63) is 33.6 Å². The number of carbonyl (C=O) groups excluding carboxylic acids is 1. The number of nitrogens with zero attached hydrogens (tertiary/aromatic N) is 1. The minimum atomic E-state index is -0.847. The summed E-state index contributed by atoms with van der Waals surface area (Å²) in [5.74, 6) is -1.99. The van der Waals surface area contributed by atoms with E-state index in [1.165, 1.54) is 13.2 Å². The topological polar surface area (TPSA) is 88.4 Å². The average molecular weight is 432 g/mol. The number of aliphatic hydroxyl groups is 2. The van der Waals surface area contributed by atoms with E-state index in [1.807, 2.05) is 13.8 Å². The van der Waals surface area contributed by atoms with Crippen molar-refractivity contribution in [2.24, 2.45) is 10.9 Å². The number of benzene rings is 1. The van der Waals surface area contributed by atoms with Crippen LogP contribution in [0.1, 0.15) is 26.3 Å². The number of esters is 1. The number of rotatable bonds is 8. The van der Waals surface area contributed by atoms with E-state index in [9.17, 15) is 19.4 Å². The summed E-state index contributed by atoms with van der Waals surface area (Å²) in [6, 6.07) is 1.91. The Kier molecular flexibility index (Phi) is 8.74. The highest BCUT2D eigenvalue weighted by atomic mass is 79.9. The van der Waals surface area contributed by atoms with E-state index in [1.54, 1.807) is 6.92 Å². The van der Waals surface area contributed by atoms with Crippen LogP contribution in [-0.4, -0.2) is 48.8 Å². The molecule has 0 spiro atoms. The lowest BCUT2D eigenvalue weighted by Gasteiger charge is -2.14. The molecule has 0 aromatic heterocycles. The van der Waals surface area contributed by atoms with Gasteiger partial charge >= 0.3 is 5.97 Å². The summed E-state index contributed by atoms with van der Waals surface area (Å²) >= 11 is 3.21. The van der Waals surface area contributed by atoms with Crippen molar-refractivity contribution in [1.82, 2.24) is 0 Å². The van der Waals surface area contributed by atoms with Gasteiger partial charge in [0.15, 0.2) is 0 Å². The van der Waals surface area contributed by atoms with Crippen LogP contribution >= 0.6 is 15.9 Å². The zero-order chi connectivity index (χ0) is 19.9. The van der Waals surface area contributed by atoms with Crippen LogP contribution in [0.2, 0.25) is 0 Å². The molecule has 26 heavy (non-hydrogen) atoms. The highest BCUT2D eigenvalue weighted by Crippen LogP contribution is 2.31. The Bertz CT molecular complexity index is 703. The van der Waals surface area contributed by atoms with E-state index in [4.69, 9.17) is 9.47 Å². The monoisotopic (exact) mass is 431 g/mol. The predicted molar refractivity (Wildman–Crippen MR) is 101 cm³/mol. The van der Waals surface area contributed by atoms with Crippen LogP contribution in [0.5, 0.6) is 5.75 Å². The third-order valence-electron chi connectivity index (χ3n) is 3.60. The van der Waals surface area contributed by atoms with Gasteiger partial charge in [0.25, 0.3) is 0 Å². The van der Waals surface area contributed by atoms with Gasteiger partial charge in [-0.2, -0.15) is 0 Å². The zero-order valence-electron chi connectivity index (χ0n) is 15.1. The fourth-order valence-corrected chi connectivity index (χ4v) is 2.54. The van der Waals surface area contributed by atoms with E-state index >= 15 is 0 Å². The minimum absolute atomic E-state index is 0.00806. The normalized spacial score (nSPS) is 13.7. The SMILES string of the molecule is CCOC(=O)C(C=N[C@H](CO)C(C)C)=C(O)c1cc(Br)c(OC)cc1F. The number of carbonyl (C=O) groups is 1. The van der Waals surface area contributed by atoms with E-state index < -0.39 is 23.6 Å². The standard InChI is InChI=1S/C18H23BrFNO5/c1-5-26-18(24)12(8-21-15(9-22)10(2)3)17(23)11-6-13(19)16(25-4)7-14(11)20/h6-8,10,15,22-23H,5,9H2,1-4H3/t15-/m1/s1. The van der Waals surface area contributed by atoms with E-state index in [0.717, 1.165) is 12.3 Å². The molecule has 1 aromatic rings. The summed E-state index contributed by atoms with van der Waals surface area (Å²) in [5, 5.41) is 19.9. The number of aliphatic imine (C=N–C) groups is 1. The highest BCUT2D eigenvalue weighted by Gasteiger charge is 2.21. The Labute approximate surface area is 160 Å². The molecule has 1 aromatic carbocycles. The van der Waals surface area contributed by atoms with Gasteiger partial charge in [-0.15, -0.1) is 0 Å². The number of aliphatic hydroxyl groups excluding tert-OH is 2. The highest BCUT2D eigenvalue weighted by molar-refractivity contribution is 9.10. The van der Waals surface area contributed by atoms with Crippen LogP contribution in [0.3, 0.4) is 0 Å². The lowest BCUT2D eigenvalue weighted by Crippen LogP contribution is -2.19. The second-order valence-corrected chi connectivity index (χ2v) is 6.58. The largest absolute Gasteiger partial charge is 0.506 e. The van der Waals surface area contributed by atoms with Crippen LogP contribution in [0.4, 0.5) is 4.39 Å². The number of hydrogen-bond acceptors (Lipinski definition) is 6. The molecule has 0 bridgehead atoms. The van der Waals surface area contributed by atoms with E-state index in [0.29, 0.717) is 4.47 Å². The lowest BCUT2D eigenvalue weighted by molar-refractivity contribution is -0.137. The minimum Gasteiger partial charge on any atom is -0.506 e. The van der Waals surface area contributed by atoms with Gasteiger partial charge in [-0.3, -0.25) is 4.99 Å². The van der Waals surface area contributed by atoms with E-state index in [2.05, 4.69) is 20.9 Å². The van der Waals surface area contributed by atoms with Gasteiger partial charge in [0.05, 0.1) is 36.4 Å².